The second kappa shape index (κ2) is 6.77. The van der Waals surface area contributed by atoms with Crippen LogP contribution in [0.5, 0.6) is 0 Å². The second-order valence-electron chi connectivity index (χ2n) is 5.34. The highest BCUT2D eigenvalue weighted by Gasteiger charge is 2.35. The van der Waals surface area contributed by atoms with E-state index in [1.807, 2.05) is 0 Å². The minimum absolute atomic E-state index is 0.0593. The number of ether oxygens (including phenoxy) is 1. The molecule has 3 atom stereocenters. The molecule has 1 fully saturated rings. The van der Waals surface area contributed by atoms with Crippen LogP contribution in [0.3, 0.4) is 0 Å². The number of aliphatic imine (C=N–C) groups is 1. The molecule has 2 rings (SSSR count). The van der Waals surface area contributed by atoms with Crippen molar-refractivity contribution in [2.24, 2.45) is 4.99 Å². The first kappa shape index (κ1) is 16.9. The largest absolute Gasteiger partial charge is 0.380 e. The van der Waals surface area contributed by atoms with Gasteiger partial charge in [0.25, 0.3) is 0 Å². The first-order chi connectivity index (χ1) is 9.81. The van der Waals surface area contributed by atoms with Crippen LogP contribution in [0.4, 0.5) is 0 Å². The maximum absolute atomic E-state index is 11.1. The van der Waals surface area contributed by atoms with Gasteiger partial charge < -0.3 is 19.8 Å². The quantitative estimate of drug-likeness (QED) is 0.340. The third-order valence-corrected chi connectivity index (χ3v) is 4.63. The molecule has 0 spiro atoms. The highest BCUT2D eigenvalue weighted by atomic mass is 35.5. The van der Waals surface area contributed by atoms with Gasteiger partial charge in [0.05, 0.1) is 6.10 Å². The predicted octanol–water partition coefficient (Wildman–Crippen LogP) is 1.12. The average Bonchev–Trinajstić information content (AvgIpc) is 2.37. The van der Waals surface area contributed by atoms with Gasteiger partial charge in [-0.2, -0.15) is 0 Å². The minimum Gasteiger partial charge on any atom is -0.380 e. The van der Waals surface area contributed by atoms with Gasteiger partial charge in [-0.25, -0.2) is 4.99 Å². The van der Waals surface area contributed by atoms with Crippen LogP contribution in [-0.2, 0) is 9.30 Å². The molecule has 7 nitrogen and oxygen atoms in total. The molecule has 120 valence electrons. The van der Waals surface area contributed by atoms with Crippen molar-refractivity contribution >= 4 is 25.0 Å². The summed E-state index contributed by atoms with van der Waals surface area (Å²) >= 11 is 6.42. The molecule has 0 bridgehead atoms. The van der Waals surface area contributed by atoms with Gasteiger partial charge in [0.1, 0.15) is 12.0 Å². The van der Waals surface area contributed by atoms with E-state index >= 15 is 0 Å². The van der Waals surface area contributed by atoms with E-state index in [1.165, 1.54) is 0 Å². The monoisotopic (exact) mass is 337 g/mol. The molecule has 0 radical (unpaired) electrons. The Kier molecular flexibility index (Phi) is 5.46. The Morgan fingerprint density at radius 1 is 1.57 bits per heavy atom. The highest BCUT2D eigenvalue weighted by Crippen LogP contribution is 2.35. The van der Waals surface area contributed by atoms with Crippen molar-refractivity contribution in [1.82, 2.24) is 10.6 Å². The summed E-state index contributed by atoms with van der Waals surface area (Å²) in [5.41, 5.74) is 0. The molecule has 0 aromatic heterocycles. The molecule has 21 heavy (non-hydrogen) atoms. The SMILES string of the molecule is COC1CCCCC1NC1(Cl)C=CNC(CP(=O)(O)O)=N1. The van der Waals surface area contributed by atoms with Crippen molar-refractivity contribution in [3.05, 3.63) is 12.3 Å². The fourth-order valence-electron chi connectivity index (χ4n) is 2.67. The van der Waals surface area contributed by atoms with Gasteiger partial charge in [-0.1, -0.05) is 24.4 Å². The van der Waals surface area contributed by atoms with E-state index in [4.69, 9.17) is 26.1 Å². The van der Waals surface area contributed by atoms with Crippen molar-refractivity contribution in [1.29, 1.82) is 0 Å². The Hall–Kier alpha value is -0.430. The number of methoxy groups -OCH3 is 1. The maximum atomic E-state index is 11.1. The molecule has 1 saturated carbocycles. The molecule has 1 aliphatic heterocycles. The van der Waals surface area contributed by atoms with E-state index in [0.717, 1.165) is 25.7 Å². The zero-order valence-corrected chi connectivity index (χ0v) is 13.5. The molecule has 1 aliphatic carbocycles. The lowest BCUT2D eigenvalue weighted by molar-refractivity contribution is 0.0379. The van der Waals surface area contributed by atoms with Crippen molar-refractivity contribution in [2.75, 3.05) is 13.3 Å². The van der Waals surface area contributed by atoms with Crippen LogP contribution in [0.1, 0.15) is 25.7 Å². The third-order valence-electron chi connectivity index (χ3n) is 3.60. The van der Waals surface area contributed by atoms with Crippen molar-refractivity contribution in [3.63, 3.8) is 0 Å². The summed E-state index contributed by atoms with van der Waals surface area (Å²) < 4.78 is 16.5. The summed E-state index contributed by atoms with van der Waals surface area (Å²) in [5.74, 6) is 0.165. The average molecular weight is 338 g/mol. The van der Waals surface area contributed by atoms with Crippen LogP contribution < -0.4 is 10.6 Å². The Labute approximate surface area is 129 Å². The molecule has 0 aromatic carbocycles. The Bertz CT molecular complexity index is 481. The van der Waals surface area contributed by atoms with Gasteiger partial charge in [-0.3, -0.25) is 9.88 Å². The summed E-state index contributed by atoms with van der Waals surface area (Å²) in [4.78, 5) is 22.2. The Balaban J connectivity index is 2.07. The molecule has 0 aromatic rings. The number of rotatable bonds is 5. The molecular weight excluding hydrogens is 317 g/mol. The van der Waals surface area contributed by atoms with Gasteiger partial charge in [0, 0.05) is 19.4 Å². The molecule has 1 heterocycles. The third kappa shape index (κ3) is 5.06. The first-order valence-corrected chi connectivity index (χ1v) is 9.06. The fraction of sp³-hybridized carbons (Fsp3) is 0.750. The van der Waals surface area contributed by atoms with Crippen LogP contribution in [0.15, 0.2) is 17.3 Å². The number of hydrogen-bond acceptors (Lipinski definition) is 5. The van der Waals surface area contributed by atoms with Gasteiger partial charge in [-0.15, -0.1) is 0 Å². The molecule has 0 amide bonds. The van der Waals surface area contributed by atoms with Crippen LogP contribution in [0, 0.1) is 0 Å². The summed E-state index contributed by atoms with van der Waals surface area (Å²) in [6.45, 7) is 0. The smallest absolute Gasteiger partial charge is 0.333 e. The molecule has 4 N–H and O–H groups in total. The van der Waals surface area contributed by atoms with Crippen LogP contribution in [0.25, 0.3) is 0 Å². The van der Waals surface area contributed by atoms with E-state index in [1.54, 1.807) is 19.4 Å². The zero-order valence-electron chi connectivity index (χ0n) is 11.8. The lowest BCUT2D eigenvalue weighted by Gasteiger charge is -2.36. The number of hydrogen-bond donors (Lipinski definition) is 4. The lowest BCUT2D eigenvalue weighted by Crippen LogP contribution is -2.53. The van der Waals surface area contributed by atoms with Gasteiger partial charge in [-0.05, 0) is 18.9 Å². The number of halogens is 1. The fourth-order valence-corrected chi connectivity index (χ4v) is 3.53. The number of amidine groups is 1. The standard InChI is InChI=1S/C12H21ClN3O4P/c1-20-10-5-3-2-4-9(10)15-12(13)6-7-14-11(16-12)8-21(17,18)19/h6-7,9-10,15H,2-5,8H2,1H3,(H,14,16)(H2,17,18,19). The van der Waals surface area contributed by atoms with Crippen LogP contribution in [0.2, 0.25) is 0 Å². The summed E-state index contributed by atoms with van der Waals surface area (Å²) in [6, 6.07) is 0.0593. The second-order valence-corrected chi connectivity index (χ2v) is 7.56. The molecular formula is C12H21ClN3O4P. The normalized spacial score (nSPS) is 33.4. The van der Waals surface area contributed by atoms with Gasteiger partial charge in [0.2, 0.25) is 5.12 Å². The summed E-state index contributed by atoms with van der Waals surface area (Å²) in [5, 5.41) is 4.74. The first-order valence-electron chi connectivity index (χ1n) is 6.88. The molecule has 9 heteroatoms. The zero-order chi connectivity index (χ0) is 15.5. The Morgan fingerprint density at radius 2 is 2.29 bits per heavy atom. The molecule has 2 aliphatic rings. The van der Waals surface area contributed by atoms with E-state index in [9.17, 15) is 4.57 Å². The van der Waals surface area contributed by atoms with Crippen molar-refractivity contribution in [3.8, 4) is 0 Å². The summed E-state index contributed by atoms with van der Waals surface area (Å²) in [6.07, 6.45) is 6.87. The lowest BCUT2D eigenvalue weighted by atomic mass is 9.92. The van der Waals surface area contributed by atoms with E-state index in [-0.39, 0.29) is 18.0 Å². The van der Waals surface area contributed by atoms with Crippen molar-refractivity contribution < 1.29 is 19.1 Å². The maximum Gasteiger partial charge on any atom is 0.333 e. The van der Waals surface area contributed by atoms with E-state index < -0.39 is 18.9 Å². The van der Waals surface area contributed by atoms with Crippen LogP contribution >= 0.6 is 19.2 Å². The Morgan fingerprint density at radius 3 is 2.95 bits per heavy atom. The molecule has 0 saturated heterocycles. The number of nitrogens with zero attached hydrogens (tertiary/aromatic N) is 1. The minimum atomic E-state index is -4.19. The van der Waals surface area contributed by atoms with Gasteiger partial charge >= 0.3 is 7.60 Å². The number of alkyl halides is 1. The van der Waals surface area contributed by atoms with E-state index in [0.29, 0.717) is 0 Å². The molecule has 3 unspecified atom stereocenters. The van der Waals surface area contributed by atoms with Gasteiger partial charge in [0.15, 0.2) is 0 Å². The van der Waals surface area contributed by atoms with Crippen LogP contribution in [-0.4, -0.2) is 46.2 Å². The topological polar surface area (TPSA) is 103 Å². The van der Waals surface area contributed by atoms with Crippen molar-refractivity contribution in [2.45, 2.75) is 43.0 Å². The van der Waals surface area contributed by atoms with E-state index in [2.05, 4.69) is 15.6 Å². The highest BCUT2D eigenvalue weighted by molar-refractivity contribution is 7.52. The number of nitrogens with one attached hydrogen (secondary N) is 2. The summed E-state index contributed by atoms with van der Waals surface area (Å²) in [7, 11) is -2.52. The predicted molar refractivity (Wildman–Crippen MR) is 81.4 cm³/mol.